The number of non-ortho nitro benzene ring substituents is 1. The number of halogens is 1. The van der Waals surface area contributed by atoms with E-state index in [-0.39, 0.29) is 22.6 Å². The highest BCUT2D eigenvalue weighted by Crippen LogP contribution is 2.34. The molecule has 164 valence electrons. The van der Waals surface area contributed by atoms with E-state index < -0.39 is 22.5 Å². The summed E-state index contributed by atoms with van der Waals surface area (Å²) in [5, 5.41) is 18.4. The van der Waals surface area contributed by atoms with Crippen molar-refractivity contribution in [1.82, 2.24) is 19.9 Å². The monoisotopic (exact) mass is 445 g/mol. The molecule has 0 saturated carbocycles. The van der Waals surface area contributed by atoms with Gasteiger partial charge in [0.2, 0.25) is 5.88 Å². The SMILES string of the molecule is CC(C)c1cnn2c(OC(=O)NC(c3cccc([N+](=O)[O-])c3)C(C)(C)C)cc(Cl)nc12. The van der Waals surface area contributed by atoms with Crippen LogP contribution in [-0.4, -0.2) is 25.6 Å². The molecule has 0 fully saturated rings. The summed E-state index contributed by atoms with van der Waals surface area (Å²) in [7, 11) is 0. The number of fused-ring (bicyclic) bond motifs is 1. The number of hydrogen-bond acceptors (Lipinski definition) is 6. The first-order valence-electron chi connectivity index (χ1n) is 9.74. The van der Waals surface area contributed by atoms with Gasteiger partial charge in [-0.05, 0) is 16.9 Å². The number of benzene rings is 1. The number of carbonyl (C=O) groups is 1. The Morgan fingerprint density at radius 1 is 1.29 bits per heavy atom. The van der Waals surface area contributed by atoms with Crippen molar-refractivity contribution in [3.63, 3.8) is 0 Å². The fraction of sp³-hybridized carbons (Fsp3) is 0.381. The highest BCUT2D eigenvalue weighted by molar-refractivity contribution is 6.29. The highest BCUT2D eigenvalue weighted by Gasteiger charge is 2.30. The zero-order valence-electron chi connectivity index (χ0n) is 17.9. The number of amides is 1. The van der Waals surface area contributed by atoms with Crippen LogP contribution in [0.5, 0.6) is 5.88 Å². The summed E-state index contributed by atoms with van der Waals surface area (Å²) in [5.41, 5.74) is 1.48. The lowest BCUT2D eigenvalue weighted by Crippen LogP contribution is -2.38. The third-order valence-corrected chi connectivity index (χ3v) is 4.99. The lowest BCUT2D eigenvalue weighted by atomic mass is 9.82. The molecule has 2 heterocycles. The first-order chi connectivity index (χ1) is 14.5. The molecular weight excluding hydrogens is 422 g/mol. The summed E-state index contributed by atoms with van der Waals surface area (Å²) in [6.07, 6.45) is 0.923. The molecule has 0 radical (unpaired) electrons. The van der Waals surface area contributed by atoms with Crippen LogP contribution in [0.25, 0.3) is 5.65 Å². The van der Waals surface area contributed by atoms with Crippen molar-refractivity contribution >= 4 is 29.0 Å². The second kappa shape index (κ2) is 8.50. The van der Waals surface area contributed by atoms with Crippen molar-refractivity contribution in [3.05, 3.63) is 62.9 Å². The van der Waals surface area contributed by atoms with Crippen LogP contribution in [-0.2, 0) is 0 Å². The maximum Gasteiger partial charge on any atom is 0.414 e. The van der Waals surface area contributed by atoms with E-state index in [0.717, 1.165) is 5.56 Å². The molecule has 0 spiro atoms. The Labute approximate surface area is 184 Å². The summed E-state index contributed by atoms with van der Waals surface area (Å²) in [6, 6.07) is 7.03. The van der Waals surface area contributed by atoms with Crippen LogP contribution in [0.3, 0.4) is 0 Å². The van der Waals surface area contributed by atoms with Crippen LogP contribution in [0.15, 0.2) is 36.5 Å². The Hall–Kier alpha value is -3.20. The normalized spacial score (nSPS) is 12.7. The van der Waals surface area contributed by atoms with Crippen LogP contribution in [0.1, 0.15) is 57.7 Å². The van der Waals surface area contributed by atoms with Gasteiger partial charge in [0.25, 0.3) is 5.69 Å². The molecule has 1 amide bonds. The van der Waals surface area contributed by atoms with Gasteiger partial charge >= 0.3 is 6.09 Å². The fourth-order valence-electron chi connectivity index (χ4n) is 3.26. The van der Waals surface area contributed by atoms with Gasteiger partial charge in [-0.25, -0.2) is 9.78 Å². The number of nitro groups is 1. The second-order valence-corrected chi connectivity index (χ2v) is 8.98. The van der Waals surface area contributed by atoms with E-state index in [1.165, 1.54) is 22.7 Å². The van der Waals surface area contributed by atoms with Crippen molar-refractivity contribution in [2.24, 2.45) is 5.41 Å². The minimum absolute atomic E-state index is 0.0534. The minimum atomic E-state index is -0.739. The van der Waals surface area contributed by atoms with Crippen molar-refractivity contribution in [1.29, 1.82) is 0 Å². The summed E-state index contributed by atoms with van der Waals surface area (Å²) in [6.45, 7) is 9.75. The van der Waals surface area contributed by atoms with Crippen LogP contribution in [0, 0.1) is 15.5 Å². The van der Waals surface area contributed by atoms with E-state index in [1.54, 1.807) is 18.3 Å². The lowest BCUT2D eigenvalue weighted by molar-refractivity contribution is -0.384. The van der Waals surface area contributed by atoms with Crippen molar-refractivity contribution in [3.8, 4) is 5.88 Å². The molecule has 0 aliphatic heterocycles. The first kappa shape index (κ1) is 22.5. The largest absolute Gasteiger partial charge is 0.414 e. The van der Waals surface area contributed by atoms with Gasteiger partial charge < -0.3 is 10.1 Å². The van der Waals surface area contributed by atoms with E-state index in [4.69, 9.17) is 16.3 Å². The Kier molecular flexibility index (Phi) is 6.17. The molecule has 3 rings (SSSR count). The van der Waals surface area contributed by atoms with E-state index in [9.17, 15) is 14.9 Å². The fourth-order valence-corrected chi connectivity index (χ4v) is 3.44. The topological polar surface area (TPSA) is 112 Å². The number of nitro benzene ring substituents is 1. The molecule has 0 bridgehead atoms. The zero-order chi connectivity index (χ0) is 22.9. The number of hydrogen-bond donors (Lipinski definition) is 1. The molecule has 0 aliphatic rings. The average molecular weight is 446 g/mol. The number of carbonyl (C=O) groups excluding carboxylic acids is 1. The molecule has 9 nitrogen and oxygen atoms in total. The predicted molar refractivity (Wildman–Crippen MR) is 117 cm³/mol. The molecule has 0 saturated heterocycles. The zero-order valence-corrected chi connectivity index (χ0v) is 18.7. The van der Waals surface area contributed by atoms with Gasteiger partial charge in [0.15, 0.2) is 5.65 Å². The lowest BCUT2D eigenvalue weighted by Gasteiger charge is -2.31. The molecule has 10 heteroatoms. The quantitative estimate of drug-likeness (QED) is 0.324. The molecular formula is C21H24ClN5O4. The number of ether oxygens (including phenoxy) is 1. The van der Waals surface area contributed by atoms with Crippen molar-refractivity contribution in [2.45, 2.75) is 46.6 Å². The van der Waals surface area contributed by atoms with E-state index in [0.29, 0.717) is 11.2 Å². The van der Waals surface area contributed by atoms with Gasteiger partial charge in [-0.1, -0.05) is 58.4 Å². The summed E-state index contributed by atoms with van der Waals surface area (Å²) < 4.78 is 6.94. The Balaban J connectivity index is 1.91. The second-order valence-electron chi connectivity index (χ2n) is 8.59. The van der Waals surface area contributed by atoms with Gasteiger partial charge in [-0.2, -0.15) is 9.61 Å². The van der Waals surface area contributed by atoms with E-state index >= 15 is 0 Å². The molecule has 31 heavy (non-hydrogen) atoms. The number of rotatable bonds is 5. The van der Waals surface area contributed by atoms with Crippen LogP contribution >= 0.6 is 11.6 Å². The third-order valence-electron chi connectivity index (χ3n) is 4.80. The van der Waals surface area contributed by atoms with Gasteiger partial charge in [-0.3, -0.25) is 10.1 Å². The van der Waals surface area contributed by atoms with Crippen LogP contribution in [0.4, 0.5) is 10.5 Å². The summed E-state index contributed by atoms with van der Waals surface area (Å²) in [4.78, 5) is 27.8. The van der Waals surface area contributed by atoms with Crippen LogP contribution in [0.2, 0.25) is 5.15 Å². The van der Waals surface area contributed by atoms with Crippen molar-refractivity contribution in [2.75, 3.05) is 0 Å². The third kappa shape index (κ3) is 4.93. The smallest absolute Gasteiger partial charge is 0.391 e. The van der Waals surface area contributed by atoms with Crippen LogP contribution < -0.4 is 10.1 Å². The van der Waals surface area contributed by atoms with Crippen molar-refractivity contribution < 1.29 is 14.5 Å². The Morgan fingerprint density at radius 3 is 2.61 bits per heavy atom. The summed E-state index contributed by atoms with van der Waals surface area (Å²) >= 11 is 6.13. The summed E-state index contributed by atoms with van der Waals surface area (Å²) in [5.74, 6) is 0.274. The van der Waals surface area contributed by atoms with Gasteiger partial charge in [-0.15, -0.1) is 0 Å². The number of nitrogens with zero attached hydrogens (tertiary/aromatic N) is 4. The van der Waals surface area contributed by atoms with Gasteiger partial charge in [0.05, 0.1) is 17.2 Å². The first-order valence-corrected chi connectivity index (χ1v) is 10.1. The van der Waals surface area contributed by atoms with Gasteiger partial charge in [0, 0.05) is 23.8 Å². The number of aromatic nitrogens is 3. The standard InChI is InChI=1S/C21H24ClN5O4/c1-12(2)15-11-23-26-17(10-16(22)24-19(15)26)31-20(28)25-18(21(3,4)5)13-7-6-8-14(9-13)27(29)30/h6-12,18H,1-5H3,(H,25,28). The maximum atomic E-state index is 12.8. The molecule has 2 aromatic heterocycles. The molecule has 1 aromatic carbocycles. The molecule has 0 aliphatic carbocycles. The average Bonchev–Trinajstić information content (AvgIpc) is 3.09. The maximum absolute atomic E-state index is 12.8. The predicted octanol–water partition coefficient (Wildman–Crippen LogP) is 5.29. The number of nitrogens with one attached hydrogen (secondary N) is 1. The van der Waals surface area contributed by atoms with E-state index in [2.05, 4.69) is 15.4 Å². The molecule has 3 aromatic rings. The highest BCUT2D eigenvalue weighted by atomic mass is 35.5. The Morgan fingerprint density at radius 2 is 2.00 bits per heavy atom. The Bertz CT molecular complexity index is 1140. The molecule has 1 atom stereocenters. The molecule has 1 unspecified atom stereocenters. The van der Waals surface area contributed by atoms with E-state index in [1.807, 2.05) is 34.6 Å². The van der Waals surface area contributed by atoms with Gasteiger partial charge in [0.1, 0.15) is 5.15 Å². The minimum Gasteiger partial charge on any atom is -0.391 e. The molecule has 1 N–H and O–H groups in total.